The van der Waals surface area contributed by atoms with Crippen LogP contribution in [0.15, 0.2) is 36.4 Å². The molecule has 0 radical (unpaired) electrons. The van der Waals surface area contributed by atoms with E-state index < -0.39 is 15.7 Å². The smallest absolute Gasteiger partial charge is 0.237 e. The minimum Gasteiger partial charge on any atom is -0.296 e. The molecule has 1 unspecified atom stereocenters. The molecule has 2 heterocycles. The number of benzene rings is 1. The fourth-order valence-electron chi connectivity index (χ4n) is 4.01. The summed E-state index contributed by atoms with van der Waals surface area (Å²) >= 11 is 0. The minimum atomic E-state index is -4.94. The van der Waals surface area contributed by atoms with Crippen LogP contribution in [0.1, 0.15) is 48.7 Å². The van der Waals surface area contributed by atoms with Crippen molar-refractivity contribution >= 4 is 11.8 Å². The quantitative estimate of drug-likeness (QED) is 0.445. The number of carbonyl (C=O) groups excluding carboxylic acids is 2. The largest absolute Gasteiger partial charge is 0.296 e. The first kappa shape index (κ1) is 23.9. The van der Waals surface area contributed by atoms with Crippen molar-refractivity contribution in [1.82, 2.24) is 5.32 Å². The summed E-state index contributed by atoms with van der Waals surface area (Å²) in [4.78, 5) is 24.0. The molecule has 1 aliphatic heterocycles. The van der Waals surface area contributed by atoms with E-state index in [1.54, 1.807) is 0 Å². The highest BCUT2D eigenvalue weighted by atomic mass is 35.7. The molecule has 1 aromatic carbocycles. The lowest BCUT2D eigenvalue weighted by Crippen LogP contribution is -2.68. The van der Waals surface area contributed by atoms with E-state index in [1.165, 1.54) is 17.0 Å². The topological polar surface area (TPSA) is 142 Å². The summed E-state index contributed by atoms with van der Waals surface area (Å²) in [5, 5.41) is 2.51. The third-order valence-electron chi connectivity index (χ3n) is 5.33. The van der Waals surface area contributed by atoms with Crippen molar-refractivity contribution in [3.05, 3.63) is 58.9 Å². The average molecular weight is 437 g/mol. The minimum absolute atomic E-state index is 0.172. The van der Waals surface area contributed by atoms with Crippen LogP contribution in [0, 0.1) is 31.0 Å². The zero-order valence-corrected chi connectivity index (χ0v) is 18.1. The van der Waals surface area contributed by atoms with E-state index in [4.69, 9.17) is 18.6 Å². The van der Waals surface area contributed by atoms with Gasteiger partial charge in [-0.3, -0.25) is 14.9 Å². The van der Waals surface area contributed by atoms with E-state index >= 15 is 0 Å². The first-order chi connectivity index (χ1) is 13.9. The number of nitrogens with one attached hydrogen (secondary N) is 1. The van der Waals surface area contributed by atoms with Crippen LogP contribution in [-0.2, 0) is 15.0 Å². The molecule has 1 N–H and O–H groups in total. The second-order valence-electron chi connectivity index (χ2n) is 7.39. The van der Waals surface area contributed by atoms with Gasteiger partial charge in [0.25, 0.3) is 0 Å². The van der Waals surface area contributed by atoms with Gasteiger partial charge in [0, 0.05) is 44.5 Å². The van der Waals surface area contributed by atoms with Gasteiger partial charge in [-0.25, -0.2) is 18.6 Å². The van der Waals surface area contributed by atoms with E-state index in [0.29, 0.717) is 19.3 Å². The molecule has 162 valence electrons. The van der Waals surface area contributed by atoms with Crippen molar-refractivity contribution in [2.75, 3.05) is 0 Å². The van der Waals surface area contributed by atoms with Crippen LogP contribution in [0.3, 0.4) is 0 Å². The summed E-state index contributed by atoms with van der Waals surface area (Å²) in [6, 6.07) is 12.5. The summed E-state index contributed by atoms with van der Waals surface area (Å²) in [6.45, 7) is 8.30. The van der Waals surface area contributed by atoms with E-state index in [2.05, 4.69) is 54.9 Å². The van der Waals surface area contributed by atoms with Gasteiger partial charge < -0.3 is 0 Å². The molecule has 9 heteroatoms. The van der Waals surface area contributed by atoms with E-state index in [-0.39, 0.29) is 11.8 Å². The number of imide groups is 1. The number of hydrogen-bond donors (Lipinski definition) is 1. The maximum absolute atomic E-state index is 12.5. The summed E-state index contributed by atoms with van der Waals surface area (Å²) < 4.78 is 36.2. The summed E-state index contributed by atoms with van der Waals surface area (Å²) in [6.07, 6.45) is 1.65. The monoisotopic (exact) mass is 436 g/mol. The van der Waals surface area contributed by atoms with Crippen molar-refractivity contribution in [2.45, 2.75) is 52.4 Å². The molecular formula is C21H25ClN2O6. The van der Waals surface area contributed by atoms with Crippen LogP contribution >= 0.6 is 0 Å². The van der Waals surface area contributed by atoms with Gasteiger partial charge in [0.15, 0.2) is 11.4 Å². The fraction of sp³-hybridized carbons (Fsp3) is 0.381. The molecule has 0 bridgehead atoms. The Morgan fingerprint density at radius 2 is 1.50 bits per heavy atom. The van der Waals surface area contributed by atoms with Crippen LogP contribution in [0.25, 0.3) is 5.69 Å². The Kier molecular flexibility index (Phi) is 7.33. The molecule has 1 aromatic heterocycles. The molecule has 0 saturated carbocycles. The molecular weight excluding hydrogens is 412 g/mol. The second kappa shape index (κ2) is 9.20. The average Bonchev–Trinajstić information content (AvgIpc) is 2.61. The molecule has 1 aliphatic rings. The first-order valence-corrected chi connectivity index (χ1v) is 10.7. The number of nitrogens with zero attached hydrogens (tertiary/aromatic N) is 1. The van der Waals surface area contributed by atoms with Crippen LogP contribution in [0.5, 0.6) is 0 Å². The molecule has 3 rings (SSSR count). The van der Waals surface area contributed by atoms with Crippen LogP contribution in [-0.4, -0.2) is 11.8 Å². The highest BCUT2D eigenvalue weighted by Crippen LogP contribution is 2.35. The Bertz CT molecular complexity index is 910. The van der Waals surface area contributed by atoms with E-state index in [9.17, 15) is 9.59 Å². The number of aromatic nitrogens is 1. The predicted octanol–water partition coefficient (Wildman–Crippen LogP) is -1.78. The highest BCUT2D eigenvalue weighted by molar-refractivity contribution is 6.03. The van der Waals surface area contributed by atoms with E-state index in [1.807, 2.05) is 19.1 Å². The standard InChI is InChI=1S/C21H24N2O2.ClHO4/c1-5-21(11-10-19(24)22-20(21)25)17-6-8-18(9-7-17)23-15(3)12-14(2)13-16(23)4;2-1(3,4)5/h6-9,12-13H,5,10-11H2,1-4H3;(H,2,3,4,5). The van der Waals surface area contributed by atoms with Gasteiger partial charge in [0.05, 0.1) is 5.41 Å². The zero-order chi connectivity index (χ0) is 22.7. The number of piperidine rings is 1. The molecule has 1 atom stereocenters. The third-order valence-corrected chi connectivity index (χ3v) is 5.33. The molecule has 0 aliphatic carbocycles. The van der Waals surface area contributed by atoms with Crippen molar-refractivity contribution in [3.63, 3.8) is 0 Å². The normalized spacial score (nSPS) is 19.1. The van der Waals surface area contributed by atoms with Crippen LogP contribution in [0.4, 0.5) is 0 Å². The van der Waals surface area contributed by atoms with Gasteiger partial charge in [0.2, 0.25) is 17.5 Å². The lowest BCUT2D eigenvalue weighted by atomic mass is 9.72. The van der Waals surface area contributed by atoms with Crippen LogP contribution < -0.4 is 28.5 Å². The van der Waals surface area contributed by atoms with Crippen molar-refractivity contribution in [3.8, 4) is 5.69 Å². The van der Waals surface area contributed by atoms with Gasteiger partial charge in [-0.05, 0) is 30.9 Å². The predicted molar refractivity (Wildman–Crippen MR) is 96.5 cm³/mol. The molecule has 1 saturated heterocycles. The Hall–Kier alpha value is -2.36. The highest BCUT2D eigenvalue weighted by Gasteiger charge is 2.42. The maximum atomic E-state index is 12.5. The molecule has 8 nitrogen and oxygen atoms in total. The number of aryl methyl sites for hydroxylation is 3. The maximum Gasteiger partial charge on any atom is 0.237 e. The third kappa shape index (κ3) is 5.62. The fourth-order valence-corrected chi connectivity index (χ4v) is 4.01. The van der Waals surface area contributed by atoms with Gasteiger partial charge in [-0.15, -0.1) is 10.2 Å². The lowest BCUT2D eigenvalue weighted by molar-refractivity contribution is -2.00. The molecule has 1 fully saturated rings. The zero-order valence-electron chi connectivity index (χ0n) is 17.4. The summed E-state index contributed by atoms with van der Waals surface area (Å²) in [7, 11) is -4.94. The second-order valence-corrected chi connectivity index (χ2v) is 8.14. The Morgan fingerprint density at radius 3 is 1.93 bits per heavy atom. The van der Waals surface area contributed by atoms with Crippen molar-refractivity contribution in [2.24, 2.45) is 0 Å². The Morgan fingerprint density at radius 1 is 1.00 bits per heavy atom. The number of hydrogen-bond acceptors (Lipinski definition) is 6. The number of pyridine rings is 1. The lowest BCUT2D eigenvalue weighted by Gasteiger charge is -2.34. The Labute approximate surface area is 177 Å². The van der Waals surface area contributed by atoms with E-state index in [0.717, 1.165) is 11.3 Å². The summed E-state index contributed by atoms with van der Waals surface area (Å²) in [5.74, 6) is -0.346. The number of carbonyl (C=O) groups is 2. The number of rotatable bonds is 3. The van der Waals surface area contributed by atoms with Gasteiger partial charge >= 0.3 is 0 Å². The summed E-state index contributed by atoms with van der Waals surface area (Å²) in [5.41, 5.74) is 5.06. The first-order valence-electron chi connectivity index (χ1n) is 9.44. The SMILES string of the molecule is CCC1(c2ccc(-[n+]3c(C)cc(C)cc3C)cc2)CCC(=O)NC1=O.[O-][Cl+3]([O-])([O-])[O-]. The van der Waals surface area contributed by atoms with Crippen LogP contribution in [0.2, 0.25) is 0 Å². The van der Waals surface area contributed by atoms with Gasteiger partial charge in [0.1, 0.15) is 0 Å². The van der Waals surface area contributed by atoms with Gasteiger partial charge in [-0.2, -0.15) is 4.57 Å². The Balaban J connectivity index is 0.000000575. The molecule has 2 amide bonds. The van der Waals surface area contributed by atoms with Crippen molar-refractivity contribution < 1.29 is 43.0 Å². The molecule has 2 aromatic rings. The number of amides is 2. The molecule has 0 spiro atoms. The number of halogens is 1. The van der Waals surface area contributed by atoms with Crippen molar-refractivity contribution in [1.29, 1.82) is 0 Å². The molecule has 30 heavy (non-hydrogen) atoms. The van der Waals surface area contributed by atoms with Gasteiger partial charge in [-0.1, -0.05) is 19.1 Å².